The highest BCUT2D eigenvalue weighted by Crippen LogP contribution is 2.30. The number of anilines is 1. The maximum absolute atomic E-state index is 12.7. The molecule has 1 aromatic heterocycles. The van der Waals surface area contributed by atoms with Crippen molar-refractivity contribution in [3.05, 3.63) is 65.9 Å². The molecule has 0 radical (unpaired) electrons. The Kier molecular flexibility index (Phi) is 3.84. The molecule has 0 atom stereocenters. The number of nitrogens with one attached hydrogen (secondary N) is 2. The highest BCUT2D eigenvalue weighted by atomic mass is 19.4. The molecule has 1 heterocycles. The van der Waals surface area contributed by atoms with Gasteiger partial charge < -0.3 is 10.3 Å². The van der Waals surface area contributed by atoms with E-state index in [9.17, 15) is 22.8 Å². The van der Waals surface area contributed by atoms with Gasteiger partial charge in [0.1, 0.15) is 0 Å². The number of aromatic nitrogens is 1. The number of carbonyl (C=O) groups excluding carboxylic acids is 2. The summed E-state index contributed by atoms with van der Waals surface area (Å²) in [5.74, 6) is -1.83. The van der Waals surface area contributed by atoms with Gasteiger partial charge in [-0.25, -0.2) is 0 Å². The number of halogens is 3. The van der Waals surface area contributed by atoms with Crippen LogP contribution in [0.25, 0.3) is 10.9 Å². The van der Waals surface area contributed by atoms with Gasteiger partial charge in [-0.2, -0.15) is 13.2 Å². The number of aromatic amines is 1. The summed E-state index contributed by atoms with van der Waals surface area (Å²) >= 11 is 0. The lowest BCUT2D eigenvalue weighted by molar-refractivity contribution is -0.137. The van der Waals surface area contributed by atoms with Crippen LogP contribution in [0.1, 0.15) is 15.9 Å². The summed E-state index contributed by atoms with van der Waals surface area (Å²) in [6.07, 6.45) is -3.12. The van der Waals surface area contributed by atoms with Crippen molar-refractivity contribution < 1.29 is 22.8 Å². The number of benzene rings is 2. The SMILES string of the molecule is O=C(Nc1cccc(C(F)(F)F)c1)C(=O)c1c[nH]c2ccccc12. The zero-order valence-corrected chi connectivity index (χ0v) is 12.1. The fraction of sp³-hybridized carbons (Fsp3) is 0.0588. The normalized spacial score (nSPS) is 11.5. The number of rotatable bonds is 3. The summed E-state index contributed by atoms with van der Waals surface area (Å²) < 4.78 is 38.0. The number of fused-ring (bicyclic) bond motifs is 1. The van der Waals surface area contributed by atoms with E-state index in [0.717, 1.165) is 18.2 Å². The quantitative estimate of drug-likeness (QED) is 0.562. The van der Waals surface area contributed by atoms with E-state index in [-0.39, 0.29) is 11.3 Å². The van der Waals surface area contributed by atoms with Crippen molar-refractivity contribution in [3.8, 4) is 0 Å². The number of para-hydroxylation sites is 1. The molecule has 1 amide bonds. The molecule has 0 saturated heterocycles. The topological polar surface area (TPSA) is 62.0 Å². The fourth-order valence-corrected chi connectivity index (χ4v) is 2.34. The van der Waals surface area contributed by atoms with Gasteiger partial charge in [-0.05, 0) is 24.3 Å². The Morgan fingerprint density at radius 2 is 1.75 bits per heavy atom. The molecule has 0 aliphatic heterocycles. The molecule has 122 valence electrons. The molecule has 0 unspecified atom stereocenters. The maximum atomic E-state index is 12.7. The zero-order chi connectivity index (χ0) is 17.3. The van der Waals surface area contributed by atoms with Crippen LogP contribution in [0.5, 0.6) is 0 Å². The van der Waals surface area contributed by atoms with Crippen LogP contribution in [0.2, 0.25) is 0 Å². The summed E-state index contributed by atoms with van der Waals surface area (Å²) in [5, 5.41) is 2.78. The second-order valence-corrected chi connectivity index (χ2v) is 5.11. The Labute approximate surface area is 134 Å². The predicted molar refractivity (Wildman–Crippen MR) is 82.7 cm³/mol. The second kappa shape index (κ2) is 5.84. The van der Waals surface area contributed by atoms with Crippen molar-refractivity contribution in [2.45, 2.75) is 6.18 Å². The van der Waals surface area contributed by atoms with Crippen molar-refractivity contribution in [2.75, 3.05) is 5.32 Å². The lowest BCUT2D eigenvalue weighted by atomic mass is 10.1. The molecular formula is C17H11F3N2O2. The van der Waals surface area contributed by atoms with E-state index >= 15 is 0 Å². The minimum atomic E-state index is -4.53. The lowest BCUT2D eigenvalue weighted by Crippen LogP contribution is -2.23. The highest BCUT2D eigenvalue weighted by molar-refractivity contribution is 6.48. The third-order valence-corrected chi connectivity index (χ3v) is 3.49. The molecule has 0 fully saturated rings. The van der Waals surface area contributed by atoms with Gasteiger partial charge in [-0.15, -0.1) is 0 Å². The third kappa shape index (κ3) is 3.01. The molecule has 0 bridgehead atoms. The van der Waals surface area contributed by atoms with Crippen molar-refractivity contribution in [1.82, 2.24) is 4.98 Å². The van der Waals surface area contributed by atoms with Crippen molar-refractivity contribution in [3.63, 3.8) is 0 Å². The molecule has 2 aromatic carbocycles. The molecule has 2 N–H and O–H groups in total. The van der Waals surface area contributed by atoms with Gasteiger partial charge in [0.25, 0.3) is 11.7 Å². The number of ketones is 1. The second-order valence-electron chi connectivity index (χ2n) is 5.11. The van der Waals surface area contributed by atoms with Gasteiger partial charge in [0.15, 0.2) is 0 Å². The van der Waals surface area contributed by atoms with E-state index in [2.05, 4.69) is 10.3 Å². The van der Waals surface area contributed by atoms with Crippen LogP contribution in [0.15, 0.2) is 54.7 Å². The third-order valence-electron chi connectivity index (χ3n) is 3.49. The molecule has 24 heavy (non-hydrogen) atoms. The van der Waals surface area contributed by atoms with E-state index in [0.29, 0.717) is 10.9 Å². The predicted octanol–water partition coefficient (Wildman–Crippen LogP) is 4.01. The maximum Gasteiger partial charge on any atom is 0.416 e. The number of hydrogen-bond donors (Lipinski definition) is 2. The first-order chi connectivity index (χ1) is 11.4. The van der Waals surface area contributed by atoms with Crippen molar-refractivity contribution >= 4 is 28.3 Å². The molecule has 7 heteroatoms. The minimum absolute atomic E-state index is 0.0944. The van der Waals surface area contributed by atoms with Crippen molar-refractivity contribution in [1.29, 1.82) is 0 Å². The Balaban J connectivity index is 1.84. The molecule has 0 spiro atoms. The van der Waals surface area contributed by atoms with E-state index in [1.807, 2.05) is 0 Å². The van der Waals surface area contributed by atoms with E-state index < -0.39 is 23.4 Å². The van der Waals surface area contributed by atoms with Crippen LogP contribution in [-0.4, -0.2) is 16.7 Å². The van der Waals surface area contributed by atoms with Gasteiger partial charge >= 0.3 is 6.18 Å². The number of H-pyrrole nitrogens is 1. The Morgan fingerprint density at radius 3 is 2.50 bits per heavy atom. The standard InChI is InChI=1S/C17H11F3N2O2/c18-17(19,20)10-4-3-5-11(8-10)22-16(24)15(23)13-9-21-14-7-2-1-6-12(13)14/h1-9,21H,(H,22,24). The minimum Gasteiger partial charge on any atom is -0.360 e. The van der Waals surface area contributed by atoms with Crippen LogP contribution >= 0.6 is 0 Å². The Bertz CT molecular complexity index is 929. The van der Waals surface area contributed by atoms with E-state index in [1.165, 1.54) is 12.3 Å². The zero-order valence-electron chi connectivity index (χ0n) is 12.1. The fourth-order valence-electron chi connectivity index (χ4n) is 2.34. The van der Waals surface area contributed by atoms with E-state index in [4.69, 9.17) is 0 Å². The summed E-state index contributed by atoms with van der Waals surface area (Å²) in [6.45, 7) is 0. The van der Waals surface area contributed by atoms with Crippen LogP contribution in [0, 0.1) is 0 Å². The monoisotopic (exact) mass is 332 g/mol. The van der Waals surface area contributed by atoms with Crippen LogP contribution < -0.4 is 5.32 Å². The number of hydrogen-bond acceptors (Lipinski definition) is 2. The average molecular weight is 332 g/mol. The van der Waals surface area contributed by atoms with Crippen LogP contribution in [0.4, 0.5) is 18.9 Å². The lowest BCUT2D eigenvalue weighted by Gasteiger charge is -2.09. The Hall–Kier alpha value is -3.09. The molecule has 0 aliphatic rings. The van der Waals surface area contributed by atoms with Crippen LogP contribution in [-0.2, 0) is 11.0 Å². The number of alkyl halides is 3. The molecular weight excluding hydrogens is 321 g/mol. The van der Waals surface area contributed by atoms with Gasteiger partial charge in [-0.3, -0.25) is 9.59 Å². The largest absolute Gasteiger partial charge is 0.416 e. The smallest absolute Gasteiger partial charge is 0.360 e. The van der Waals surface area contributed by atoms with Crippen LogP contribution in [0.3, 0.4) is 0 Å². The molecule has 3 aromatic rings. The molecule has 3 rings (SSSR count). The first-order valence-corrected chi connectivity index (χ1v) is 6.95. The first-order valence-electron chi connectivity index (χ1n) is 6.95. The number of Topliss-reactive ketones (excluding diaryl/α,β-unsaturated/α-hetero) is 1. The summed E-state index contributed by atoms with van der Waals surface area (Å²) in [6, 6.07) is 11.0. The van der Waals surface area contributed by atoms with Gasteiger partial charge in [-0.1, -0.05) is 24.3 Å². The van der Waals surface area contributed by atoms with E-state index in [1.54, 1.807) is 24.3 Å². The van der Waals surface area contributed by atoms with Gasteiger partial charge in [0, 0.05) is 22.8 Å². The number of amides is 1. The highest BCUT2D eigenvalue weighted by Gasteiger charge is 2.30. The molecule has 0 saturated carbocycles. The van der Waals surface area contributed by atoms with Gasteiger partial charge in [0.05, 0.1) is 11.1 Å². The molecule has 0 aliphatic carbocycles. The summed E-state index contributed by atoms with van der Waals surface area (Å²) in [5.41, 5.74) is -0.148. The number of carbonyl (C=O) groups is 2. The molecule has 4 nitrogen and oxygen atoms in total. The van der Waals surface area contributed by atoms with Crippen molar-refractivity contribution in [2.24, 2.45) is 0 Å². The summed E-state index contributed by atoms with van der Waals surface area (Å²) in [7, 11) is 0. The summed E-state index contributed by atoms with van der Waals surface area (Å²) in [4.78, 5) is 27.2. The van der Waals surface area contributed by atoms with Gasteiger partial charge in [0.2, 0.25) is 0 Å². The average Bonchev–Trinajstić information content (AvgIpc) is 2.97. The Morgan fingerprint density at radius 1 is 1.00 bits per heavy atom. The first kappa shape index (κ1) is 15.8.